The fraction of sp³-hybridized carbons (Fsp3) is 0.360. The minimum atomic E-state index is 0.200. The largest absolute Gasteiger partial charge is 0.286 e. The van der Waals surface area contributed by atoms with Gasteiger partial charge in [0.15, 0.2) is 0 Å². The lowest BCUT2D eigenvalue weighted by Crippen LogP contribution is -2.33. The van der Waals surface area contributed by atoms with Gasteiger partial charge in [0.25, 0.3) is 0 Å². The standard InChI is InChI=1S/C25H27N/c1-2-3-4-5-10-15-25(26-20-11-7-12-21-26)24-18-16-23(17-19-24)22-13-8-6-9-14-22/h1,6,8-9,13-14,16-19,25H,3-5,7,11-12,20-21H2. The van der Waals surface area contributed by atoms with Crippen molar-refractivity contribution in [3.63, 3.8) is 0 Å². The third-order valence-electron chi connectivity index (χ3n) is 4.95. The van der Waals surface area contributed by atoms with Crippen molar-refractivity contribution in [3.05, 3.63) is 60.2 Å². The molecule has 1 nitrogen and oxygen atoms in total. The summed E-state index contributed by atoms with van der Waals surface area (Å²) in [5.74, 6) is 9.60. The highest BCUT2D eigenvalue weighted by atomic mass is 15.2. The molecule has 1 aliphatic heterocycles. The molecule has 0 N–H and O–H groups in total. The monoisotopic (exact) mass is 341 g/mol. The molecule has 1 atom stereocenters. The summed E-state index contributed by atoms with van der Waals surface area (Å²) in [6.45, 7) is 2.29. The minimum Gasteiger partial charge on any atom is -0.286 e. The minimum absolute atomic E-state index is 0.200. The van der Waals surface area contributed by atoms with E-state index in [0.29, 0.717) is 0 Å². The number of likely N-dealkylation sites (tertiary alicyclic amines) is 1. The van der Waals surface area contributed by atoms with Crippen LogP contribution in [0.15, 0.2) is 54.6 Å². The zero-order valence-corrected chi connectivity index (χ0v) is 15.5. The van der Waals surface area contributed by atoms with Gasteiger partial charge in [0, 0.05) is 12.8 Å². The van der Waals surface area contributed by atoms with E-state index in [1.165, 1.54) is 36.0 Å². The van der Waals surface area contributed by atoms with Crippen LogP contribution >= 0.6 is 0 Å². The molecule has 0 bridgehead atoms. The third kappa shape index (κ3) is 5.01. The van der Waals surface area contributed by atoms with Gasteiger partial charge in [-0.3, -0.25) is 4.90 Å². The van der Waals surface area contributed by atoms with Gasteiger partial charge in [-0.25, -0.2) is 0 Å². The molecular formula is C25H27N. The zero-order valence-electron chi connectivity index (χ0n) is 15.5. The van der Waals surface area contributed by atoms with Gasteiger partial charge in [-0.15, -0.1) is 18.3 Å². The second kappa shape index (κ2) is 9.86. The third-order valence-corrected chi connectivity index (χ3v) is 4.95. The molecular weight excluding hydrogens is 314 g/mol. The summed E-state index contributed by atoms with van der Waals surface area (Å²) in [7, 11) is 0. The fourth-order valence-electron chi connectivity index (χ4n) is 3.50. The molecule has 2 aromatic rings. The van der Waals surface area contributed by atoms with Crippen LogP contribution in [-0.2, 0) is 0 Å². The highest BCUT2D eigenvalue weighted by Crippen LogP contribution is 2.27. The molecule has 2 aromatic carbocycles. The molecule has 132 valence electrons. The Balaban J connectivity index is 1.78. The molecule has 1 saturated heterocycles. The first-order chi connectivity index (χ1) is 12.9. The molecule has 26 heavy (non-hydrogen) atoms. The van der Waals surface area contributed by atoms with Crippen LogP contribution in [0.25, 0.3) is 11.1 Å². The van der Waals surface area contributed by atoms with E-state index in [0.717, 1.165) is 32.4 Å². The lowest BCUT2D eigenvalue weighted by molar-refractivity contribution is 0.197. The van der Waals surface area contributed by atoms with Crippen LogP contribution in [0.3, 0.4) is 0 Å². The Hall–Kier alpha value is -2.48. The maximum Gasteiger partial charge on any atom is 0.0970 e. The lowest BCUT2D eigenvalue weighted by atomic mass is 9.98. The molecule has 0 saturated carbocycles. The number of rotatable bonds is 5. The van der Waals surface area contributed by atoms with E-state index in [2.05, 4.69) is 77.3 Å². The molecule has 0 aliphatic carbocycles. The van der Waals surface area contributed by atoms with E-state index >= 15 is 0 Å². The van der Waals surface area contributed by atoms with E-state index < -0.39 is 0 Å². The second-order valence-electron chi connectivity index (χ2n) is 6.87. The first kappa shape index (κ1) is 18.3. The molecule has 1 aliphatic rings. The average molecular weight is 341 g/mol. The van der Waals surface area contributed by atoms with Gasteiger partial charge in [0.2, 0.25) is 0 Å². The van der Waals surface area contributed by atoms with Gasteiger partial charge in [-0.05, 0) is 49.0 Å². The highest BCUT2D eigenvalue weighted by Gasteiger charge is 2.20. The van der Waals surface area contributed by atoms with Crippen molar-refractivity contribution in [3.8, 4) is 35.3 Å². The molecule has 0 radical (unpaired) electrons. The Labute approximate surface area is 158 Å². The van der Waals surface area contributed by atoms with Gasteiger partial charge in [0.1, 0.15) is 0 Å². The number of hydrogen-bond donors (Lipinski definition) is 0. The molecule has 3 rings (SSSR count). The molecule has 0 aromatic heterocycles. The first-order valence-electron chi connectivity index (χ1n) is 9.70. The van der Waals surface area contributed by atoms with Crippen LogP contribution in [0.4, 0.5) is 0 Å². The number of nitrogens with zero attached hydrogens (tertiary/aromatic N) is 1. The van der Waals surface area contributed by atoms with Gasteiger partial charge in [-0.2, -0.15) is 0 Å². The molecule has 1 heteroatoms. The number of hydrogen-bond acceptors (Lipinski definition) is 1. The predicted molar refractivity (Wildman–Crippen MR) is 111 cm³/mol. The number of unbranched alkanes of at least 4 members (excludes halogenated alkanes) is 2. The molecule has 1 fully saturated rings. The Bertz CT molecular complexity index is 765. The molecule has 0 spiro atoms. The van der Waals surface area contributed by atoms with Crippen LogP contribution in [0, 0.1) is 24.2 Å². The van der Waals surface area contributed by atoms with Crippen LogP contribution in [0.5, 0.6) is 0 Å². The van der Waals surface area contributed by atoms with Crippen molar-refractivity contribution in [2.75, 3.05) is 13.1 Å². The summed E-state index contributed by atoms with van der Waals surface area (Å²) in [6.07, 6.45) is 11.9. The predicted octanol–water partition coefficient (Wildman–Crippen LogP) is 5.69. The summed E-state index contributed by atoms with van der Waals surface area (Å²) in [4.78, 5) is 2.54. The Morgan fingerprint density at radius 2 is 1.54 bits per heavy atom. The lowest BCUT2D eigenvalue weighted by Gasteiger charge is -2.32. The summed E-state index contributed by atoms with van der Waals surface area (Å²) in [6, 6.07) is 19.7. The van der Waals surface area contributed by atoms with Gasteiger partial charge >= 0.3 is 0 Å². The first-order valence-corrected chi connectivity index (χ1v) is 9.70. The quantitative estimate of drug-likeness (QED) is 0.499. The van der Waals surface area contributed by atoms with Crippen LogP contribution < -0.4 is 0 Å². The Kier molecular flexibility index (Phi) is 6.95. The SMILES string of the molecule is C#CCCCC#CC(c1ccc(-c2ccccc2)cc1)N1CCCCC1. The summed E-state index contributed by atoms with van der Waals surface area (Å²) >= 11 is 0. The van der Waals surface area contributed by atoms with Gasteiger partial charge < -0.3 is 0 Å². The topological polar surface area (TPSA) is 3.24 Å². The van der Waals surface area contributed by atoms with E-state index in [1.807, 2.05) is 0 Å². The van der Waals surface area contributed by atoms with Crippen LogP contribution in [-0.4, -0.2) is 18.0 Å². The van der Waals surface area contributed by atoms with Crippen molar-refractivity contribution < 1.29 is 0 Å². The van der Waals surface area contributed by atoms with Crippen molar-refractivity contribution >= 4 is 0 Å². The fourth-order valence-corrected chi connectivity index (χ4v) is 3.50. The number of terminal acetylenes is 1. The van der Waals surface area contributed by atoms with E-state index in [-0.39, 0.29) is 6.04 Å². The van der Waals surface area contributed by atoms with E-state index in [4.69, 9.17) is 6.42 Å². The normalized spacial score (nSPS) is 15.5. The number of piperidine rings is 1. The molecule has 1 heterocycles. The number of benzene rings is 2. The summed E-state index contributed by atoms with van der Waals surface area (Å²) in [5.41, 5.74) is 3.82. The van der Waals surface area contributed by atoms with Crippen molar-refractivity contribution in [1.29, 1.82) is 0 Å². The molecule has 1 unspecified atom stereocenters. The van der Waals surface area contributed by atoms with Crippen molar-refractivity contribution in [2.24, 2.45) is 0 Å². The molecule has 0 amide bonds. The Morgan fingerprint density at radius 3 is 2.23 bits per heavy atom. The smallest absolute Gasteiger partial charge is 0.0970 e. The summed E-state index contributed by atoms with van der Waals surface area (Å²) in [5, 5.41) is 0. The Morgan fingerprint density at radius 1 is 0.846 bits per heavy atom. The van der Waals surface area contributed by atoms with Gasteiger partial charge in [0.05, 0.1) is 6.04 Å². The van der Waals surface area contributed by atoms with Crippen molar-refractivity contribution in [2.45, 2.75) is 44.6 Å². The highest BCUT2D eigenvalue weighted by molar-refractivity contribution is 5.63. The summed E-state index contributed by atoms with van der Waals surface area (Å²) < 4.78 is 0. The van der Waals surface area contributed by atoms with Crippen LogP contribution in [0.2, 0.25) is 0 Å². The van der Waals surface area contributed by atoms with Crippen LogP contribution in [0.1, 0.15) is 50.1 Å². The maximum absolute atomic E-state index is 5.33. The van der Waals surface area contributed by atoms with E-state index in [1.54, 1.807) is 0 Å². The van der Waals surface area contributed by atoms with E-state index in [9.17, 15) is 0 Å². The van der Waals surface area contributed by atoms with Gasteiger partial charge in [-0.1, -0.05) is 66.9 Å². The zero-order chi connectivity index (χ0) is 18.0. The average Bonchev–Trinajstić information content (AvgIpc) is 2.72. The maximum atomic E-state index is 5.33. The van der Waals surface area contributed by atoms with Crippen molar-refractivity contribution in [1.82, 2.24) is 4.90 Å². The second-order valence-corrected chi connectivity index (χ2v) is 6.87.